The molecule has 0 amide bonds. The van der Waals surface area contributed by atoms with Crippen LogP contribution in [0.25, 0.3) is 59.1 Å². The van der Waals surface area contributed by atoms with Gasteiger partial charge in [0.2, 0.25) is 0 Å². The van der Waals surface area contributed by atoms with E-state index in [4.69, 9.17) is 9.72 Å². The Morgan fingerprint density at radius 3 is 2.31 bits per heavy atom. The van der Waals surface area contributed by atoms with Gasteiger partial charge >= 0.3 is 0 Å². The molecule has 0 radical (unpaired) electrons. The molecule has 0 unspecified atom stereocenters. The molecule has 0 atom stereocenters. The Labute approximate surface area is 228 Å². The number of benzene rings is 4. The maximum atomic E-state index is 6.38. The monoisotopic (exact) mass is 519 g/mol. The minimum Gasteiger partial charge on any atom is -0.457 e. The molecular weight excluding hydrogens is 498 g/mol. The number of nitrogens with zero attached hydrogens (tertiary/aromatic N) is 3. The van der Waals surface area contributed by atoms with Crippen molar-refractivity contribution in [3.8, 4) is 28.4 Å². The summed E-state index contributed by atoms with van der Waals surface area (Å²) in [6.45, 7) is 0. The second kappa shape index (κ2) is 8.79. The summed E-state index contributed by atoms with van der Waals surface area (Å²) < 4.78 is 11.2. The third-order valence-corrected chi connectivity index (χ3v) is 8.33. The van der Waals surface area contributed by atoms with Crippen LogP contribution in [-0.2, 0) is 0 Å². The molecule has 4 heterocycles. The third-order valence-electron chi connectivity index (χ3n) is 7.14. The van der Waals surface area contributed by atoms with Crippen molar-refractivity contribution in [2.75, 3.05) is 0 Å². The van der Waals surface area contributed by atoms with Gasteiger partial charge in [0, 0.05) is 50.3 Å². The largest absolute Gasteiger partial charge is 0.457 e. The summed E-state index contributed by atoms with van der Waals surface area (Å²) in [5, 5.41) is 4.90. The van der Waals surface area contributed by atoms with E-state index < -0.39 is 0 Å². The number of hydrogen-bond donors (Lipinski definition) is 0. The highest BCUT2D eigenvalue weighted by Crippen LogP contribution is 2.42. The minimum atomic E-state index is 0.764. The van der Waals surface area contributed by atoms with Crippen molar-refractivity contribution in [3.05, 3.63) is 128 Å². The summed E-state index contributed by atoms with van der Waals surface area (Å²) >= 11 is 1.84. The average molecular weight is 520 g/mol. The molecule has 0 saturated carbocycles. The lowest BCUT2D eigenvalue weighted by molar-refractivity contribution is 0.482. The van der Waals surface area contributed by atoms with Crippen LogP contribution in [0.5, 0.6) is 11.5 Å². The van der Waals surface area contributed by atoms with Gasteiger partial charge < -0.3 is 4.74 Å². The van der Waals surface area contributed by atoms with Gasteiger partial charge in [-0.1, -0.05) is 54.6 Å². The van der Waals surface area contributed by atoms with Crippen LogP contribution >= 0.6 is 11.3 Å². The first kappa shape index (κ1) is 22.0. The van der Waals surface area contributed by atoms with Crippen LogP contribution in [0.4, 0.5) is 0 Å². The molecule has 0 aliphatic heterocycles. The van der Waals surface area contributed by atoms with Crippen molar-refractivity contribution in [3.63, 3.8) is 0 Å². The van der Waals surface area contributed by atoms with Gasteiger partial charge in [-0.3, -0.25) is 9.55 Å². The van der Waals surface area contributed by atoms with E-state index in [1.807, 2.05) is 78.2 Å². The first-order chi connectivity index (χ1) is 19.3. The Morgan fingerprint density at radius 2 is 1.38 bits per heavy atom. The molecule has 0 aliphatic rings. The second-order valence-corrected chi connectivity index (χ2v) is 10.5. The smallest absolute Gasteiger partial charge is 0.145 e. The van der Waals surface area contributed by atoms with E-state index in [0.717, 1.165) is 39.5 Å². The zero-order valence-electron chi connectivity index (χ0n) is 20.8. The lowest BCUT2D eigenvalue weighted by Gasteiger charge is -2.11. The van der Waals surface area contributed by atoms with E-state index in [1.165, 1.54) is 31.1 Å². The molecule has 4 aromatic heterocycles. The molecule has 5 heteroatoms. The predicted molar refractivity (Wildman–Crippen MR) is 161 cm³/mol. The standard InChI is InChI=1S/C34H21N3OS/c1-2-15-31-26(12-1)28-17-16-27-29-13-7-19-36-34(29)37(32(27)33(28)39-31)23-9-6-11-25(21-23)38-24-10-5-8-22(20-24)30-14-3-4-18-35-30/h1-21H. The van der Waals surface area contributed by atoms with Crippen molar-refractivity contribution in [1.82, 2.24) is 14.5 Å². The van der Waals surface area contributed by atoms with E-state index >= 15 is 0 Å². The molecule has 0 bridgehead atoms. The van der Waals surface area contributed by atoms with Gasteiger partial charge in [-0.05, 0) is 54.6 Å². The SMILES string of the molecule is c1ccc(-c2cccc(Oc3cccc(-n4c5ncccc5c5ccc6c7ccccc7sc6c54)c3)c2)nc1. The fourth-order valence-corrected chi connectivity index (χ4v) is 6.67. The van der Waals surface area contributed by atoms with Gasteiger partial charge in [-0.15, -0.1) is 11.3 Å². The number of rotatable bonds is 4. The van der Waals surface area contributed by atoms with Crippen LogP contribution in [0, 0.1) is 0 Å². The van der Waals surface area contributed by atoms with E-state index in [0.29, 0.717) is 0 Å². The summed E-state index contributed by atoms with van der Waals surface area (Å²) in [6, 6.07) is 39.5. The summed E-state index contributed by atoms with van der Waals surface area (Å²) in [5.74, 6) is 1.53. The highest BCUT2D eigenvalue weighted by Gasteiger charge is 2.18. The number of ether oxygens (including phenoxy) is 1. The van der Waals surface area contributed by atoms with Crippen molar-refractivity contribution in [2.24, 2.45) is 0 Å². The third kappa shape index (κ3) is 3.59. The maximum absolute atomic E-state index is 6.38. The molecule has 8 aromatic rings. The summed E-state index contributed by atoms with van der Waals surface area (Å²) in [5.41, 5.74) is 5.06. The molecule has 0 spiro atoms. The molecule has 8 rings (SSSR count). The Hall–Kier alpha value is -5.00. The molecule has 4 nitrogen and oxygen atoms in total. The van der Waals surface area contributed by atoms with Crippen molar-refractivity contribution in [1.29, 1.82) is 0 Å². The molecule has 39 heavy (non-hydrogen) atoms. The normalized spacial score (nSPS) is 11.6. The Balaban J connectivity index is 1.30. The zero-order chi connectivity index (χ0) is 25.8. The number of hydrogen-bond acceptors (Lipinski definition) is 4. The second-order valence-electron chi connectivity index (χ2n) is 9.49. The van der Waals surface area contributed by atoms with Crippen LogP contribution in [0.15, 0.2) is 128 Å². The van der Waals surface area contributed by atoms with E-state index in [-0.39, 0.29) is 0 Å². The Kier molecular flexibility index (Phi) is 4.96. The van der Waals surface area contributed by atoms with Gasteiger partial charge in [-0.2, -0.15) is 0 Å². The molecular formula is C34H21N3OS. The van der Waals surface area contributed by atoms with Crippen LogP contribution < -0.4 is 4.74 Å². The molecule has 0 N–H and O–H groups in total. The fraction of sp³-hybridized carbons (Fsp3) is 0. The van der Waals surface area contributed by atoms with Crippen LogP contribution in [-0.4, -0.2) is 14.5 Å². The van der Waals surface area contributed by atoms with Crippen LogP contribution in [0.3, 0.4) is 0 Å². The predicted octanol–water partition coefficient (Wildman–Crippen LogP) is 9.40. The first-order valence-corrected chi connectivity index (χ1v) is 13.6. The number of fused-ring (bicyclic) bond motifs is 7. The van der Waals surface area contributed by atoms with E-state index in [9.17, 15) is 0 Å². The summed E-state index contributed by atoms with van der Waals surface area (Å²) in [7, 11) is 0. The zero-order valence-corrected chi connectivity index (χ0v) is 21.6. The molecule has 0 aliphatic carbocycles. The minimum absolute atomic E-state index is 0.764. The highest BCUT2D eigenvalue weighted by atomic mass is 32.1. The molecule has 4 aromatic carbocycles. The van der Waals surface area contributed by atoms with E-state index in [1.54, 1.807) is 6.20 Å². The highest BCUT2D eigenvalue weighted by molar-refractivity contribution is 7.26. The van der Waals surface area contributed by atoms with Gasteiger partial charge in [0.05, 0.1) is 21.6 Å². The van der Waals surface area contributed by atoms with Crippen molar-refractivity contribution in [2.45, 2.75) is 0 Å². The Morgan fingerprint density at radius 1 is 0.590 bits per heavy atom. The summed E-state index contributed by atoms with van der Waals surface area (Å²) in [6.07, 6.45) is 3.67. The van der Waals surface area contributed by atoms with Gasteiger partial charge in [0.1, 0.15) is 17.1 Å². The van der Waals surface area contributed by atoms with Gasteiger partial charge in [0.15, 0.2) is 0 Å². The lowest BCUT2D eigenvalue weighted by atomic mass is 10.1. The van der Waals surface area contributed by atoms with E-state index in [2.05, 4.69) is 64.1 Å². The fourth-order valence-electron chi connectivity index (χ4n) is 5.43. The van der Waals surface area contributed by atoms with Crippen molar-refractivity contribution < 1.29 is 4.74 Å². The maximum Gasteiger partial charge on any atom is 0.145 e. The topological polar surface area (TPSA) is 39.9 Å². The number of thiophene rings is 1. The quantitative estimate of drug-likeness (QED) is 0.232. The summed E-state index contributed by atoms with van der Waals surface area (Å²) in [4.78, 5) is 9.31. The first-order valence-electron chi connectivity index (χ1n) is 12.8. The number of pyridine rings is 2. The average Bonchev–Trinajstić information content (AvgIpc) is 3.54. The number of aromatic nitrogens is 3. The molecule has 0 saturated heterocycles. The van der Waals surface area contributed by atoms with Gasteiger partial charge in [-0.25, -0.2) is 4.98 Å². The van der Waals surface area contributed by atoms with Crippen LogP contribution in [0.2, 0.25) is 0 Å². The Bertz CT molecular complexity index is 2160. The van der Waals surface area contributed by atoms with Crippen LogP contribution in [0.1, 0.15) is 0 Å². The lowest BCUT2D eigenvalue weighted by Crippen LogP contribution is -1.96. The van der Waals surface area contributed by atoms with Crippen molar-refractivity contribution >= 4 is 53.4 Å². The van der Waals surface area contributed by atoms with Gasteiger partial charge in [0.25, 0.3) is 0 Å². The molecule has 184 valence electrons. The molecule has 0 fully saturated rings.